The Labute approximate surface area is 422 Å². The van der Waals surface area contributed by atoms with Gasteiger partial charge in [0.1, 0.15) is 17.3 Å². The lowest BCUT2D eigenvalue weighted by molar-refractivity contribution is -0.432. The number of anilines is 1. The Bertz CT molecular complexity index is 3560. The largest absolute Gasteiger partial charge is 0.460 e. The molecule has 3 aromatic carbocycles. The molecule has 5 N–H and O–H groups in total. The van der Waals surface area contributed by atoms with Crippen molar-refractivity contribution < 1.29 is 75.6 Å². The van der Waals surface area contributed by atoms with E-state index in [9.17, 15) is 66.3 Å². The summed E-state index contributed by atoms with van der Waals surface area (Å²) in [6.45, 7) is 7.03. The molecule has 2 bridgehead atoms. The lowest BCUT2D eigenvalue weighted by Gasteiger charge is -2.41. The van der Waals surface area contributed by atoms with Gasteiger partial charge in [0, 0.05) is 77.8 Å². The summed E-state index contributed by atoms with van der Waals surface area (Å²) in [6.07, 6.45) is 6.27. The van der Waals surface area contributed by atoms with Gasteiger partial charge in [-0.25, -0.2) is 0 Å². The van der Waals surface area contributed by atoms with E-state index in [1.165, 1.54) is 48.6 Å². The minimum absolute atomic E-state index is 0.0290. The first kappa shape index (κ1) is 52.0. The monoisotopic (exact) mass is 1080 g/mol. The molecule has 3 amide bonds. The van der Waals surface area contributed by atoms with E-state index in [-0.39, 0.29) is 54.2 Å². The Morgan fingerprint density at radius 2 is 1.38 bits per heavy atom. The Balaban J connectivity index is 1.13. The molecule has 1 spiro atoms. The zero-order chi connectivity index (χ0) is 53.0. The minimum Gasteiger partial charge on any atom is -0.460 e. The van der Waals surface area contributed by atoms with Crippen LogP contribution in [0.25, 0.3) is 0 Å². The first-order valence-corrected chi connectivity index (χ1v) is 29.4. The van der Waals surface area contributed by atoms with Gasteiger partial charge < -0.3 is 15.0 Å². The Morgan fingerprint density at radius 1 is 0.767 bits per heavy atom. The van der Waals surface area contributed by atoms with Gasteiger partial charge in [-0.1, -0.05) is 32.1 Å². The molecule has 1 saturated carbocycles. The molecular weight excluding hydrogens is 1030 g/mol. The summed E-state index contributed by atoms with van der Waals surface area (Å²) in [7, 11) is -18.4. The second-order valence-corrected chi connectivity index (χ2v) is 26.0. The van der Waals surface area contributed by atoms with Crippen molar-refractivity contribution in [1.82, 2.24) is 10.2 Å². The minimum atomic E-state index is -4.67. The molecule has 3 aliphatic heterocycles. The van der Waals surface area contributed by atoms with Crippen LogP contribution < -0.4 is 15.0 Å². The summed E-state index contributed by atoms with van der Waals surface area (Å²) in [5.41, 5.74) is 3.15. The average Bonchev–Trinajstić information content (AvgIpc) is 3.76. The van der Waals surface area contributed by atoms with Crippen LogP contribution in [0.3, 0.4) is 0 Å². The third kappa shape index (κ3) is 9.62. The van der Waals surface area contributed by atoms with Gasteiger partial charge >= 0.3 is 0 Å². The molecule has 24 heteroatoms. The predicted octanol–water partition coefficient (Wildman–Crippen LogP) is 4.43. The molecular formula is C49H53N4O16S4+. The maximum Gasteiger partial charge on any atom is 0.294 e. The number of carbonyl (C=O) groups excluding carboxylic acids is 3. The van der Waals surface area contributed by atoms with Gasteiger partial charge in [0.15, 0.2) is 12.3 Å². The topological polar surface area (TPSA) is 299 Å². The number of carbonyl (C=O) groups is 3. The van der Waals surface area contributed by atoms with Crippen LogP contribution in [0, 0.1) is 11.3 Å². The van der Waals surface area contributed by atoms with E-state index in [0.717, 1.165) is 21.6 Å². The highest BCUT2D eigenvalue weighted by Crippen LogP contribution is 2.73. The molecule has 3 heterocycles. The maximum absolute atomic E-state index is 12.8. The highest BCUT2D eigenvalue weighted by molar-refractivity contribution is 7.86. The van der Waals surface area contributed by atoms with Crippen LogP contribution in [-0.4, -0.2) is 122 Å². The first-order valence-electron chi connectivity index (χ1n) is 23.3. The summed E-state index contributed by atoms with van der Waals surface area (Å²) in [5, 5.41) is 2.73. The molecule has 4 aliphatic carbocycles. The number of nitrogens with zero attached hydrogens (tertiary/aromatic N) is 3. The van der Waals surface area contributed by atoms with Crippen LogP contribution >= 0.6 is 0 Å². The predicted molar refractivity (Wildman–Crippen MR) is 265 cm³/mol. The second-order valence-electron chi connectivity index (χ2n) is 20.0. The average molecular weight is 1080 g/mol. The van der Waals surface area contributed by atoms with Crippen LogP contribution in [-0.2, 0) is 72.1 Å². The second kappa shape index (κ2) is 17.9. The number of amides is 3. The summed E-state index contributed by atoms with van der Waals surface area (Å²) < 4.78 is 148. The molecule has 2 unspecified atom stereocenters. The Kier molecular flexibility index (Phi) is 12.8. The van der Waals surface area contributed by atoms with Crippen molar-refractivity contribution in [2.45, 2.75) is 80.4 Å². The molecule has 388 valence electrons. The van der Waals surface area contributed by atoms with Gasteiger partial charge in [-0.05, 0) is 105 Å². The van der Waals surface area contributed by atoms with Crippen LogP contribution in [0.1, 0.15) is 70.1 Å². The molecule has 3 aromatic rings. The van der Waals surface area contributed by atoms with E-state index < -0.39 is 80.0 Å². The summed E-state index contributed by atoms with van der Waals surface area (Å²) in [4.78, 5) is 38.6. The fraction of sp³-hybridized carbons (Fsp3) is 0.388. The normalized spacial score (nSPS) is 22.9. The number of hydrogen-bond acceptors (Lipinski definition) is 13. The SMILES string of the molecule is CC1(C)C(=C2CC23C(Oc2ccc(CCC(=O)NCCN4C(=O)C=CC4=O)cc2)=C2CCC3C=C2C2=[N+](CCS(=O)(=O)O)c3ccc(S(=O)(=O)O)cc3C2(C)C)N(CCS(=O)(=O)O)c2ccc(S(=O)(=O)O)cc21. The van der Waals surface area contributed by atoms with Gasteiger partial charge in [-0.2, -0.15) is 38.2 Å². The van der Waals surface area contributed by atoms with Gasteiger partial charge in [-0.15, -0.1) is 0 Å². The molecule has 7 aliphatic rings. The van der Waals surface area contributed by atoms with Crippen LogP contribution in [0.5, 0.6) is 5.75 Å². The quantitative estimate of drug-likeness (QED) is 0.0709. The number of rotatable bonds is 17. The summed E-state index contributed by atoms with van der Waals surface area (Å²) >= 11 is 0. The third-order valence-electron chi connectivity index (χ3n) is 14.8. The molecule has 20 nitrogen and oxygen atoms in total. The van der Waals surface area contributed by atoms with Crippen molar-refractivity contribution in [3.63, 3.8) is 0 Å². The van der Waals surface area contributed by atoms with E-state index in [0.29, 0.717) is 76.7 Å². The zero-order valence-electron chi connectivity index (χ0n) is 40.0. The zero-order valence-corrected chi connectivity index (χ0v) is 43.3. The fourth-order valence-corrected chi connectivity index (χ4v) is 13.2. The van der Waals surface area contributed by atoms with Crippen molar-refractivity contribution in [2.24, 2.45) is 11.3 Å². The highest BCUT2D eigenvalue weighted by atomic mass is 32.2. The number of ether oxygens (including phenoxy) is 1. The standard InChI is InChI=1S/C49H52N4O16S4/c1-47(2)36-26-32(72(63,64)65)11-14-39(36)51(21-23-70(57,58)59)44(47)35-25-30-8-13-34(35)46(69-31-9-5-29(6-10-31)7-16-41(54)50-19-20-53-42(55)17-18-43(53)56)49(30)28-38(49)45-48(3,4)37-27-33(73(66,67)68)12-15-40(37)52(45)22-24-71(60,61)62/h5-6,9-12,14-15,17-18,25-27,30H,7-8,13,16,19-24,28H2,1-4H3,(H4-,50,54,57,58,59,60,61,62,63,64,65,66,67,68)/p+1. The number of hydrogen-bond donors (Lipinski definition) is 5. The van der Waals surface area contributed by atoms with Gasteiger partial charge in [0.05, 0.1) is 26.4 Å². The van der Waals surface area contributed by atoms with Crippen molar-refractivity contribution in [1.29, 1.82) is 0 Å². The van der Waals surface area contributed by atoms with Crippen LogP contribution in [0.4, 0.5) is 11.4 Å². The first-order chi connectivity index (χ1) is 33.9. The fourth-order valence-electron chi connectivity index (χ4n) is 11.4. The number of nitrogens with one attached hydrogen (secondary N) is 1. The number of aryl methyl sites for hydroxylation is 1. The van der Waals surface area contributed by atoms with Crippen molar-refractivity contribution in [3.05, 3.63) is 124 Å². The molecule has 1 fully saturated rings. The number of imide groups is 1. The lowest BCUT2D eigenvalue weighted by Crippen LogP contribution is -2.40. The molecule has 0 saturated heterocycles. The smallest absolute Gasteiger partial charge is 0.294 e. The van der Waals surface area contributed by atoms with E-state index in [2.05, 4.69) is 11.4 Å². The maximum atomic E-state index is 12.8. The number of allylic oxidation sites excluding steroid dienone is 5. The van der Waals surface area contributed by atoms with Crippen molar-refractivity contribution in [2.75, 3.05) is 42.6 Å². The number of fused-ring (bicyclic) bond motifs is 3. The van der Waals surface area contributed by atoms with Gasteiger partial charge in [0.25, 0.3) is 52.3 Å². The van der Waals surface area contributed by atoms with Crippen LogP contribution in [0.15, 0.2) is 117 Å². The van der Waals surface area contributed by atoms with E-state index >= 15 is 0 Å². The molecule has 0 aromatic heterocycles. The summed E-state index contributed by atoms with van der Waals surface area (Å²) in [6, 6.07) is 15.2. The number of benzene rings is 3. The molecule has 73 heavy (non-hydrogen) atoms. The lowest BCUT2D eigenvalue weighted by atomic mass is 9.64. The Morgan fingerprint density at radius 3 is 2.00 bits per heavy atom. The highest BCUT2D eigenvalue weighted by Gasteiger charge is 2.67. The summed E-state index contributed by atoms with van der Waals surface area (Å²) in [5.74, 6) is -1.97. The third-order valence-corrected chi connectivity index (χ3v) is 17.9. The van der Waals surface area contributed by atoms with E-state index in [1.54, 1.807) is 33.7 Å². The Hall–Kier alpha value is -5.86. The molecule has 0 radical (unpaired) electrons. The van der Waals surface area contributed by atoms with Gasteiger partial charge in [-0.3, -0.25) is 37.5 Å². The van der Waals surface area contributed by atoms with Crippen molar-refractivity contribution >= 4 is 75.3 Å². The molecule has 10 rings (SSSR count). The van der Waals surface area contributed by atoms with Gasteiger partial charge in [0.2, 0.25) is 11.6 Å². The van der Waals surface area contributed by atoms with Crippen molar-refractivity contribution in [3.8, 4) is 5.75 Å². The van der Waals surface area contributed by atoms with Crippen LogP contribution in [0.2, 0.25) is 0 Å². The van der Waals surface area contributed by atoms with E-state index in [4.69, 9.17) is 4.74 Å². The molecule has 2 atom stereocenters. The van der Waals surface area contributed by atoms with E-state index in [1.807, 2.05) is 27.7 Å².